The van der Waals surface area contributed by atoms with E-state index in [0.717, 1.165) is 10.5 Å². The van der Waals surface area contributed by atoms with E-state index in [2.05, 4.69) is 0 Å². The molecule has 3 aromatic carbocycles. The molecule has 3 atom stereocenters. The van der Waals surface area contributed by atoms with Crippen LogP contribution in [-0.4, -0.2) is 49.8 Å². The third-order valence-corrected chi connectivity index (χ3v) is 10.0. The van der Waals surface area contributed by atoms with Crippen LogP contribution in [0.25, 0.3) is 0 Å². The Hall–Kier alpha value is -5.05. The molecule has 1 amide bonds. The molecule has 1 saturated heterocycles. The zero-order chi connectivity index (χ0) is 37.3. The molecule has 52 heavy (non-hydrogen) atoms. The molecular formula is C36H36N3O11PS. The summed E-state index contributed by atoms with van der Waals surface area (Å²) in [7, 11) is -4.39. The summed E-state index contributed by atoms with van der Waals surface area (Å²) in [5.74, 6) is -0.416. The first-order valence-electron chi connectivity index (χ1n) is 16.1. The fourth-order valence-electron chi connectivity index (χ4n) is 5.60. The van der Waals surface area contributed by atoms with E-state index < -0.39 is 30.7 Å². The van der Waals surface area contributed by atoms with Crippen LogP contribution in [0.2, 0.25) is 0 Å². The summed E-state index contributed by atoms with van der Waals surface area (Å²) in [6, 6.07) is 25.5. The predicted octanol–water partition coefficient (Wildman–Crippen LogP) is 4.29. The Morgan fingerprint density at radius 2 is 1.62 bits per heavy atom. The molecule has 0 spiro atoms. The zero-order valence-corrected chi connectivity index (χ0v) is 29.6. The molecule has 1 fully saturated rings. The number of benzene rings is 3. The van der Waals surface area contributed by atoms with Crippen LogP contribution in [0.4, 0.5) is 5.69 Å². The predicted molar refractivity (Wildman–Crippen MR) is 187 cm³/mol. The Kier molecular flexibility index (Phi) is 12.8. The fourth-order valence-corrected chi connectivity index (χ4v) is 7.56. The van der Waals surface area contributed by atoms with Crippen LogP contribution in [0.15, 0.2) is 120 Å². The highest BCUT2D eigenvalue weighted by Gasteiger charge is 2.57. The van der Waals surface area contributed by atoms with Gasteiger partial charge in [-0.05, 0) is 55.0 Å². The van der Waals surface area contributed by atoms with Crippen LogP contribution in [0, 0.1) is 16.0 Å². The van der Waals surface area contributed by atoms with Gasteiger partial charge in [0, 0.05) is 35.1 Å². The molecule has 0 bridgehead atoms. The van der Waals surface area contributed by atoms with E-state index in [0.29, 0.717) is 24.3 Å². The largest absolute Gasteiger partial charge is 0.736 e. The van der Waals surface area contributed by atoms with E-state index >= 15 is 0 Å². The van der Waals surface area contributed by atoms with Gasteiger partial charge in [-0.1, -0.05) is 36.4 Å². The number of amides is 1. The van der Waals surface area contributed by atoms with Crippen LogP contribution in [0.1, 0.15) is 24.5 Å². The zero-order valence-electron chi connectivity index (χ0n) is 27.9. The average molecular weight is 750 g/mol. The van der Waals surface area contributed by atoms with Gasteiger partial charge in [0.25, 0.3) is 5.69 Å². The maximum atomic E-state index is 13.0. The summed E-state index contributed by atoms with van der Waals surface area (Å²) in [5, 5.41) is 30.2. The lowest BCUT2D eigenvalue weighted by Crippen LogP contribution is -2.61. The molecule has 0 unspecified atom stereocenters. The van der Waals surface area contributed by atoms with Crippen LogP contribution in [0.5, 0.6) is 11.5 Å². The lowest BCUT2D eigenvalue weighted by Gasteiger charge is -2.44. The second-order valence-corrected chi connectivity index (χ2v) is 14.2. The first-order chi connectivity index (χ1) is 25.0. The lowest BCUT2D eigenvalue weighted by molar-refractivity contribution is -0.692. The summed E-state index contributed by atoms with van der Waals surface area (Å²) in [6.45, 7) is 2.06. The Bertz CT molecular complexity index is 1900. The number of ether oxygens (including phenoxy) is 1. The number of thioether (sulfide) groups is 1. The highest BCUT2D eigenvalue weighted by Crippen LogP contribution is 2.47. The minimum atomic E-state index is -4.39. The number of phosphoric acid groups is 1. The molecule has 0 aliphatic carbocycles. The summed E-state index contributed by atoms with van der Waals surface area (Å²) in [4.78, 5) is 49.8. The van der Waals surface area contributed by atoms with Crippen molar-refractivity contribution in [2.24, 2.45) is 5.92 Å². The van der Waals surface area contributed by atoms with Gasteiger partial charge in [-0.2, -0.15) is 0 Å². The van der Waals surface area contributed by atoms with Crippen molar-refractivity contribution in [2.45, 2.75) is 45.2 Å². The minimum Gasteiger partial charge on any atom is -0.736 e. The molecule has 2 aliphatic heterocycles. The molecule has 0 radical (unpaired) electrons. The van der Waals surface area contributed by atoms with Crippen molar-refractivity contribution in [3.8, 4) is 11.5 Å². The number of β-lactam (4-membered cyclic amide) rings is 1. The number of nitro groups is 1. The molecule has 14 nitrogen and oxygen atoms in total. The van der Waals surface area contributed by atoms with E-state index in [-0.39, 0.29) is 48.0 Å². The number of fused-ring (bicyclic) bond motifs is 1. The van der Waals surface area contributed by atoms with E-state index in [9.17, 15) is 39.4 Å². The van der Waals surface area contributed by atoms with E-state index in [4.69, 9.17) is 13.8 Å². The van der Waals surface area contributed by atoms with Crippen LogP contribution in [0.3, 0.4) is 0 Å². The number of phosphoric ester groups is 1. The Morgan fingerprint density at radius 3 is 2.17 bits per heavy atom. The van der Waals surface area contributed by atoms with Crippen LogP contribution < -0.4 is 18.5 Å². The smallest absolute Gasteiger partial charge is 0.372 e. The first-order valence-corrected chi connectivity index (χ1v) is 18.6. The number of nitro benzene ring substituents is 1. The van der Waals surface area contributed by atoms with Crippen molar-refractivity contribution in [1.82, 2.24) is 4.90 Å². The number of aromatic nitrogens is 1. The van der Waals surface area contributed by atoms with Crippen LogP contribution >= 0.6 is 19.6 Å². The van der Waals surface area contributed by atoms with Gasteiger partial charge in [0.15, 0.2) is 18.9 Å². The van der Waals surface area contributed by atoms with Crippen molar-refractivity contribution in [1.29, 1.82) is 0 Å². The molecule has 3 heterocycles. The quantitative estimate of drug-likeness (QED) is 0.0465. The second-order valence-electron chi connectivity index (χ2n) is 11.7. The normalized spacial score (nSPS) is 16.9. The first kappa shape index (κ1) is 38.2. The van der Waals surface area contributed by atoms with Gasteiger partial charge in [-0.15, -0.1) is 11.8 Å². The van der Waals surface area contributed by atoms with Gasteiger partial charge in [0.2, 0.25) is 5.91 Å². The molecule has 1 aromatic heterocycles. The number of hydrogen-bond donors (Lipinski definition) is 2. The molecular weight excluding hydrogens is 713 g/mol. The maximum absolute atomic E-state index is 13.0. The van der Waals surface area contributed by atoms with Crippen molar-refractivity contribution in [3.63, 3.8) is 0 Å². The number of carbonyl (C=O) groups excluding carboxylic acids is 2. The summed E-state index contributed by atoms with van der Waals surface area (Å²) >= 11 is 1.46. The number of aliphatic hydroxyl groups excluding tert-OH is 2. The fraction of sp³-hybridized carbons (Fsp3) is 0.250. The van der Waals surface area contributed by atoms with Gasteiger partial charge in [-0.3, -0.25) is 14.9 Å². The summed E-state index contributed by atoms with van der Waals surface area (Å²) in [5.41, 5.74) is 1.53. The molecule has 6 rings (SSSR count). The third kappa shape index (κ3) is 9.84. The molecule has 4 aromatic rings. The molecule has 2 aliphatic rings. The number of non-ortho nitro benzene ring substituents is 1. The molecule has 16 heteroatoms. The van der Waals surface area contributed by atoms with Gasteiger partial charge < -0.3 is 33.8 Å². The monoisotopic (exact) mass is 749 g/mol. The number of esters is 1. The number of aryl methyl sites for hydroxylation is 1. The maximum Gasteiger partial charge on any atom is 0.372 e. The summed E-state index contributed by atoms with van der Waals surface area (Å²) < 4.78 is 28.5. The van der Waals surface area contributed by atoms with Crippen molar-refractivity contribution < 1.29 is 52.5 Å². The van der Waals surface area contributed by atoms with E-state index in [1.165, 1.54) is 40.9 Å². The van der Waals surface area contributed by atoms with Crippen molar-refractivity contribution in [2.75, 3.05) is 5.75 Å². The van der Waals surface area contributed by atoms with Crippen molar-refractivity contribution in [3.05, 3.63) is 141 Å². The highest BCUT2D eigenvalue weighted by molar-refractivity contribution is 8.03. The van der Waals surface area contributed by atoms with E-state index in [1.54, 1.807) is 67.6 Å². The highest BCUT2D eigenvalue weighted by atomic mass is 32.2. The number of aliphatic hydroxyl groups is 2. The number of para-hydroxylation sites is 2. The Labute approximate surface area is 303 Å². The average Bonchev–Trinajstić information content (AvgIpc) is 3.45. The molecule has 2 N–H and O–H groups in total. The Morgan fingerprint density at radius 1 is 1.00 bits per heavy atom. The number of pyridine rings is 1. The number of carbonyl (C=O) groups is 2. The van der Waals surface area contributed by atoms with Crippen LogP contribution in [-0.2, 0) is 38.6 Å². The lowest BCUT2D eigenvalue weighted by atomic mass is 9.83. The SMILES string of the molecule is C[C@@H](O)[C@H]1C(=O)N2C(C(=O)OCc3ccc([N+](=O)[O-])cc3)=C(SCC[n+]3cccc(CO)c3)C[C@H]12.O=P([O-])(Oc1ccccc1)Oc1ccccc1. The summed E-state index contributed by atoms with van der Waals surface area (Å²) in [6.07, 6.45) is 3.39. The van der Waals surface area contributed by atoms with Crippen molar-refractivity contribution >= 4 is 37.1 Å². The number of nitrogens with zero attached hydrogens (tertiary/aromatic N) is 3. The topological polar surface area (TPSA) is 193 Å². The Balaban J connectivity index is 0.000000257. The standard InChI is InChI=1S/C24H26N3O7S.C12H11O4P/c1-15(29)21-19-11-20(35-10-9-25-8-2-3-17(12-25)13-28)22(26(19)23(21)30)24(31)34-14-16-4-6-18(7-5-16)27(32)33;13-17(14,15-11-7-3-1-4-8-11)16-12-9-5-2-6-10-12/h2-8,12,15,19,21,28-29H,9-11,13-14H2,1H3;1-10H,(H,13,14)/q+1;/p-1/t15-,19-,21-;/m1./s1. The van der Waals surface area contributed by atoms with Gasteiger partial charge in [0.05, 0.1) is 35.3 Å². The van der Waals surface area contributed by atoms with E-state index in [1.807, 2.05) is 29.1 Å². The van der Waals surface area contributed by atoms with Gasteiger partial charge in [-0.25, -0.2) is 13.9 Å². The number of hydrogen-bond acceptors (Lipinski definition) is 12. The number of rotatable bonds is 14. The molecule has 272 valence electrons. The molecule has 0 saturated carbocycles. The second kappa shape index (κ2) is 17.4. The van der Waals surface area contributed by atoms with Gasteiger partial charge >= 0.3 is 13.8 Å². The minimum absolute atomic E-state index is 0.0522. The van der Waals surface area contributed by atoms with Gasteiger partial charge in [0.1, 0.15) is 23.8 Å². The third-order valence-electron chi connectivity index (χ3n) is 8.05.